The average molecular weight is 302 g/mol. The Kier molecular flexibility index (Phi) is 3.75. The van der Waals surface area contributed by atoms with E-state index in [1.807, 2.05) is 24.3 Å². The molecule has 4 heteroatoms. The highest BCUT2D eigenvalue weighted by molar-refractivity contribution is 9.10. The summed E-state index contributed by atoms with van der Waals surface area (Å²) in [5.41, 5.74) is 1.73. The lowest BCUT2D eigenvalue weighted by molar-refractivity contribution is -0.384. The van der Waals surface area contributed by atoms with Gasteiger partial charge in [-0.2, -0.15) is 0 Å². The zero-order chi connectivity index (χ0) is 13.0. The molecule has 0 amide bonds. The van der Waals surface area contributed by atoms with Crippen LogP contribution in [0.1, 0.15) is 11.1 Å². The Hall–Kier alpha value is -2.12. The molecule has 0 saturated heterocycles. The molecule has 0 aromatic heterocycles. The summed E-state index contributed by atoms with van der Waals surface area (Å²) in [7, 11) is 0. The van der Waals surface area contributed by atoms with Gasteiger partial charge >= 0.3 is 0 Å². The van der Waals surface area contributed by atoms with E-state index in [1.165, 1.54) is 12.1 Å². The number of non-ortho nitro benzene ring substituents is 1. The van der Waals surface area contributed by atoms with Gasteiger partial charge in [-0.1, -0.05) is 27.8 Å². The predicted octanol–water partition coefficient (Wildman–Crippen LogP) is 3.76. The number of nitro benzene ring substituents is 1. The number of hydrogen-bond acceptors (Lipinski definition) is 2. The van der Waals surface area contributed by atoms with Gasteiger partial charge in [-0.3, -0.25) is 10.1 Å². The van der Waals surface area contributed by atoms with E-state index in [-0.39, 0.29) is 5.69 Å². The first-order valence-corrected chi connectivity index (χ1v) is 5.96. The van der Waals surface area contributed by atoms with E-state index in [0.717, 1.165) is 15.6 Å². The summed E-state index contributed by atoms with van der Waals surface area (Å²) in [5.74, 6) is 5.95. The van der Waals surface area contributed by atoms with Crippen LogP contribution in [-0.2, 0) is 0 Å². The van der Waals surface area contributed by atoms with E-state index < -0.39 is 4.92 Å². The lowest BCUT2D eigenvalue weighted by Gasteiger charge is -1.92. The number of nitro groups is 1. The molecule has 0 aliphatic carbocycles. The number of hydrogen-bond donors (Lipinski definition) is 0. The van der Waals surface area contributed by atoms with Gasteiger partial charge in [0.2, 0.25) is 0 Å². The number of benzene rings is 2. The third-order valence-electron chi connectivity index (χ3n) is 2.27. The van der Waals surface area contributed by atoms with Crippen LogP contribution in [0.3, 0.4) is 0 Å². The van der Waals surface area contributed by atoms with Crippen LogP contribution in [0.25, 0.3) is 0 Å². The Bertz CT molecular complexity index is 622. The van der Waals surface area contributed by atoms with E-state index >= 15 is 0 Å². The normalized spacial score (nSPS) is 9.39. The Morgan fingerprint density at radius 1 is 0.889 bits per heavy atom. The first-order chi connectivity index (χ1) is 8.65. The van der Waals surface area contributed by atoms with Crippen LogP contribution in [0.5, 0.6) is 0 Å². The minimum atomic E-state index is -0.425. The molecular formula is C14H8BrNO2. The molecule has 0 aliphatic heterocycles. The Morgan fingerprint density at radius 3 is 1.78 bits per heavy atom. The van der Waals surface area contributed by atoms with E-state index in [0.29, 0.717) is 0 Å². The minimum Gasteiger partial charge on any atom is -0.258 e. The molecule has 0 fully saturated rings. The van der Waals surface area contributed by atoms with Gasteiger partial charge in [0, 0.05) is 27.7 Å². The fourth-order valence-electron chi connectivity index (χ4n) is 1.34. The number of rotatable bonds is 1. The molecule has 0 unspecified atom stereocenters. The topological polar surface area (TPSA) is 43.1 Å². The van der Waals surface area contributed by atoms with Gasteiger partial charge in [-0.15, -0.1) is 0 Å². The molecule has 0 atom stereocenters. The van der Waals surface area contributed by atoms with Crippen LogP contribution in [-0.4, -0.2) is 4.92 Å². The highest BCUT2D eigenvalue weighted by Crippen LogP contribution is 2.12. The molecule has 0 N–H and O–H groups in total. The van der Waals surface area contributed by atoms with Crippen molar-refractivity contribution >= 4 is 21.6 Å². The van der Waals surface area contributed by atoms with Crippen LogP contribution in [0.2, 0.25) is 0 Å². The van der Waals surface area contributed by atoms with Crippen LogP contribution >= 0.6 is 15.9 Å². The Balaban J connectivity index is 2.19. The van der Waals surface area contributed by atoms with Gasteiger partial charge in [0.1, 0.15) is 0 Å². The second-order valence-corrected chi connectivity index (χ2v) is 4.48. The molecule has 0 bridgehead atoms. The predicted molar refractivity (Wildman–Crippen MR) is 73.2 cm³/mol. The summed E-state index contributed by atoms with van der Waals surface area (Å²) < 4.78 is 1.00. The molecule has 0 heterocycles. The molecule has 3 nitrogen and oxygen atoms in total. The van der Waals surface area contributed by atoms with E-state index in [1.54, 1.807) is 12.1 Å². The van der Waals surface area contributed by atoms with Gasteiger partial charge in [-0.05, 0) is 36.4 Å². The largest absolute Gasteiger partial charge is 0.269 e. The van der Waals surface area contributed by atoms with Crippen LogP contribution in [0, 0.1) is 22.0 Å². The maximum atomic E-state index is 10.5. The number of halogens is 1. The minimum absolute atomic E-state index is 0.0733. The first kappa shape index (κ1) is 12.3. The third-order valence-corrected chi connectivity index (χ3v) is 2.80. The van der Waals surface area contributed by atoms with Gasteiger partial charge in [0.25, 0.3) is 5.69 Å². The molecule has 2 rings (SSSR count). The summed E-state index contributed by atoms with van der Waals surface area (Å²) in [4.78, 5) is 10.1. The van der Waals surface area contributed by atoms with Crippen molar-refractivity contribution in [2.24, 2.45) is 0 Å². The Labute approximate surface area is 113 Å². The van der Waals surface area contributed by atoms with Crippen LogP contribution < -0.4 is 0 Å². The maximum Gasteiger partial charge on any atom is 0.269 e. The third kappa shape index (κ3) is 3.19. The summed E-state index contributed by atoms with van der Waals surface area (Å²) in [6, 6.07) is 13.8. The van der Waals surface area contributed by atoms with Crippen molar-refractivity contribution in [1.82, 2.24) is 0 Å². The van der Waals surface area contributed by atoms with E-state index in [2.05, 4.69) is 27.8 Å². The first-order valence-electron chi connectivity index (χ1n) is 5.17. The Morgan fingerprint density at radius 2 is 1.33 bits per heavy atom. The smallest absolute Gasteiger partial charge is 0.258 e. The molecular weight excluding hydrogens is 294 g/mol. The van der Waals surface area contributed by atoms with Crippen molar-refractivity contribution in [1.29, 1.82) is 0 Å². The number of nitrogens with zero attached hydrogens (tertiary/aromatic N) is 1. The van der Waals surface area contributed by atoms with Gasteiger partial charge < -0.3 is 0 Å². The lowest BCUT2D eigenvalue weighted by atomic mass is 10.2. The molecule has 2 aromatic carbocycles. The van der Waals surface area contributed by atoms with Crippen LogP contribution in [0.4, 0.5) is 5.69 Å². The monoisotopic (exact) mass is 301 g/mol. The highest BCUT2D eigenvalue weighted by atomic mass is 79.9. The van der Waals surface area contributed by atoms with E-state index in [9.17, 15) is 10.1 Å². The second-order valence-electron chi connectivity index (χ2n) is 3.56. The highest BCUT2D eigenvalue weighted by Gasteiger charge is 2.02. The maximum absolute atomic E-state index is 10.5. The quantitative estimate of drug-likeness (QED) is 0.457. The van der Waals surface area contributed by atoms with Crippen molar-refractivity contribution in [3.05, 3.63) is 74.2 Å². The standard InChI is InChI=1S/C14H8BrNO2/c15-13-7-3-11(4-8-13)1-2-12-5-9-14(10-6-12)16(17)18/h3-10H. The molecule has 0 radical (unpaired) electrons. The summed E-state index contributed by atoms with van der Waals surface area (Å²) >= 11 is 3.35. The summed E-state index contributed by atoms with van der Waals surface area (Å²) in [6.45, 7) is 0. The van der Waals surface area contributed by atoms with Gasteiger partial charge in [0.05, 0.1) is 4.92 Å². The van der Waals surface area contributed by atoms with Crippen LogP contribution in [0.15, 0.2) is 53.0 Å². The molecule has 18 heavy (non-hydrogen) atoms. The summed E-state index contributed by atoms with van der Waals surface area (Å²) in [6.07, 6.45) is 0. The lowest BCUT2D eigenvalue weighted by Crippen LogP contribution is -1.86. The van der Waals surface area contributed by atoms with Gasteiger partial charge in [-0.25, -0.2) is 0 Å². The van der Waals surface area contributed by atoms with Crippen molar-refractivity contribution < 1.29 is 4.92 Å². The van der Waals surface area contributed by atoms with E-state index in [4.69, 9.17) is 0 Å². The van der Waals surface area contributed by atoms with Crippen molar-refractivity contribution in [3.8, 4) is 11.8 Å². The molecule has 0 saturated carbocycles. The van der Waals surface area contributed by atoms with Crippen molar-refractivity contribution in [2.45, 2.75) is 0 Å². The van der Waals surface area contributed by atoms with Gasteiger partial charge in [0.15, 0.2) is 0 Å². The van der Waals surface area contributed by atoms with Crippen molar-refractivity contribution in [3.63, 3.8) is 0 Å². The molecule has 88 valence electrons. The second kappa shape index (κ2) is 5.48. The SMILES string of the molecule is O=[N+]([O-])c1ccc(C#Cc2ccc(Br)cc2)cc1. The summed E-state index contributed by atoms with van der Waals surface area (Å²) in [5, 5.41) is 10.5. The molecule has 2 aromatic rings. The van der Waals surface area contributed by atoms with Crippen molar-refractivity contribution in [2.75, 3.05) is 0 Å². The molecule has 0 aliphatic rings. The molecule has 0 spiro atoms. The zero-order valence-electron chi connectivity index (χ0n) is 9.26. The fraction of sp³-hybridized carbons (Fsp3) is 0. The zero-order valence-corrected chi connectivity index (χ0v) is 10.8. The fourth-order valence-corrected chi connectivity index (χ4v) is 1.61. The average Bonchev–Trinajstić information content (AvgIpc) is 2.38.